The number of nitrogens with two attached hydrogens (primary N) is 1. The van der Waals surface area contributed by atoms with Gasteiger partial charge in [-0.25, -0.2) is 9.98 Å². The van der Waals surface area contributed by atoms with Crippen molar-refractivity contribution in [2.24, 2.45) is 10.7 Å². The van der Waals surface area contributed by atoms with Gasteiger partial charge in [-0.1, -0.05) is 19.1 Å². The first kappa shape index (κ1) is 16.8. The maximum Gasteiger partial charge on any atom is 0.218 e. The fraction of sp³-hybridized carbons (Fsp3) is 0.333. The number of nitrogens with one attached hydrogen (secondary N) is 1. The van der Waals surface area contributed by atoms with Gasteiger partial charge in [-0.2, -0.15) is 0 Å². The average Bonchev–Trinajstić information content (AvgIpc) is 2.55. The Balaban J connectivity index is 2.03. The van der Waals surface area contributed by atoms with Crippen molar-refractivity contribution >= 4 is 11.6 Å². The molecule has 0 aliphatic rings. The molecule has 0 radical (unpaired) electrons. The number of ether oxygens (including phenoxy) is 1. The fourth-order valence-corrected chi connectivity index (χ4v) is 2.05. The van der Waals surface area contributed by atoms with Crippen molar-refractivity contribution < 1.29 is 4.74 Å². The van der Waals surface area contributed by atoms with Crippen LogP contribution in [0.4, 0.5) is 5.69 Å². The summed E-state index contributed by atoms with van der Waals surface area (Å²) in [4.78, 5) is 8.62. The molecule has 0 unspecified atom stereocenters. The van der Waals surface area contributed by atoms with Gasteiger partial charge in [0.1, 0.15) is 0 Å². The summed E-state index contributed by atoms with van der Waals surface area (Å²) in [6, 6.07) is 9.92. The Morgan fingerprint density at radius 3 is 2.83 bits per heavy atom. The monoisotopic (exact) mass is 312 g/mol. The first-order valence-electron chi connectivity index (χ1n) is 7.81. The topological polar surface area (TPSA) is 72.5 Å². The van der Waals surface area contributed by atoms with Crippen LogP contribution < -0.4 is 15.8 Å². The first-order chi connectivity index (χ1) is 11.1. The zero-order valence-corrected chi connectivity index (χ0v) is 14.0. The standard InChI is InChI=1S/C18H24N4O/c1-4-10-23-17-15(6-5-9-20-17)12-21-18(19)22-16-8-7-13(2)14(3)11-16/h5-9,11H,4,10,12H2,1-3H3,(H3,19,21,22). The molecule has 23 heavy (non-hydrogen) atoms. The van der Waals surface area contributed by atoms with Gasteiger partial charge in [-0.15, -0.1) is 0 Å². The molecular formula is C18H24N4O. The van der Waals surface area contributed by atoms with Crippen LogP contribution in [-0.2, 0) is 6.54 Å². The van der Waals surface area contributed by atoms with Gasteiger partial charge in [0, 0.05) is 17.4 Å². The number of nitrogens with zero attached hydrogens (tertiary/aromatic N) is 2. The van der Waals surface area contributed by atoms with Gasteiger partial charge in [0.05, 0.1) is 13.2 Å². The number of aliphatic imine (C=N–C) groups is 1. The number of guanidine groups is 1. The molecular weight excluding hydrogens is 288 g/mol. The minimum absolute atomic E-state index is 0.374. The molecule has 0 saturated carbocycles. The zero-order valence-electron chi connectivity index (χ0n) is 14.0. The van der Waals surface area contributed by atoms with Crippen molar-refractivity contribution in [3.05, 3.63) is 53.2 Å². The lowest BCUT2D eigenvalue weighted by Crippen LogP contribution is -2.22. The molecule has 0 fully saturated rings. The van der Waals surface area contributed by atoms with Crippen LogP contribution in [0.25, 0.3) is 0 Å². The van der Waals surface area contributed by atoms with E-state index in [1.807, 2.05) is 18.2 Å². The largest absolute Gasteiger partial charge is 0.477 e. The number of pyridine rings is 1. The summed E-state index contributed by atoms with van der Waals surface area (Å²) in [6.45, 7) is 7.28. The molecule has 0 saturated heterocycles. The molecule has 0 spiro atoms. The molecule has 2 aromatic rings. The second-order valence-electron chi connectivity index (χ2n) is 5.44. The molecule has 0 amide bonds. The number of aryl methyl sites for hydroxylation is 2. The fourth-order valence-electron chi connectivity index (χ4n) is 2.05. The molecule has 1 aromatic carbocycles. The number of aromatic nitrogens is 1. The smallest absolute Gasteiger partial charge is 0.218 e. The predicted octanol–water partition coefficient (Wildman–Crippen LogP) is 3.41. The van der Waals surface area contributed by atoms with Crippen LogP contribution in [0.1, 0.15) is 30.0 Å². The second kappa shape index (κ2) is 8.17. The average molecular weight is 312 g/mol. The van der Waals surface area contributed by atoms with E-state index in [1.54, 1.807) is 6.20 Å². The Morgan fingerprint density at radius 2 is 2.09 bits per heavy atom. The first-order valence-corrected chi connectivity index (χ1v) is 7.81. The van der Waals surface area contributed by atoms with Crippen molar-refractivity contribution in [1.29, 1.82) is 0 Å². The summed E-state index contributed by atoms with van der Waals surface area (Å²) in [5.74, 6) is 0.996. The molecule has 5 heteroatoms. The third-order valence-corrected chi connectivity index (χ3v) is 3.49. The molecule has 1 heterocycles. The van der Waals surface area contributed by atoms with E-state index in [-0.39, 0.29) is 0 Å². The predicted molar refractivity (Wildman–Crippen MR) is 94.9 cm³/mol. The van der Waals surface area contributed by atoms with Crippen LogP contribution in [-0.4, -0.2) is 17.6 Å². The van der Waals surface area contributed by atoms with E-state index in [9.17, 15) is 0 Å². The van der Waals surface area contributed by atoms with E-state index in [4.69, 9.17) is 10.5 Å². The van der Waals surface area contributed by atoms with E-state index in [0.717, 1.165) is 17.7 Å². The number of benzene rings is 1. The van der Waals surface area contributed by atoms with E-state index in [2.05, 4.69) is 48.2 Å². The number of hydrogen-bond donors (Lipinski definition) is 2. The minimum atomic E-state index is 0.374. The van der Waals surface area contributed by atoms with Crippen molar-refractivity contribution in [3.8, 4) is 5.88 Å². The van der Waals surface area contributed by atoms with Crippen LogP contribution in [0.5, 0.6) is 5.88 Å². The lowest BCUT2D eigenvalue weighted by atomic mass is 10.1. The zero-order chi connectivity index (χ0) is 16.7. The molecule has 0 aliphatic heterocycles. The minimum Gasteiger partial charge on any atom is -0.477 e. The maximum atomic E-state index is 5.97. The van der Waals surface area contributed by atoms with Crippen LogP contribution in [0.3, 0.4) is 0 Å². The number of hydrogen-bond acceptors (Lipinski definition) is 3. The summed E-state index contributed by atoms with van der Waals surface area (Å²) in [5, 5.41) is 3.11. The summed E-state index contributed by atoms with van der Waals surface area (Å²) >= 11 is 0. The van der Waals surface area contributed by atoms with Gasteiger partial charge in [0.2, 0.25) is 5.88 Å². The van der Waals surface area contributed by atoms with Gasteiger partial charge >= 0.3 is 0 Å². The SMILES string of the molecule is CCCOc1ncccc1CN=C(N)Nc1ccc(C)c(C)c1. The molecule has 3 N–H and O–H groups in total. The summed E-state index contributed by atoms with van der Waals surface area (Å²) in [7, 11) is 0. The summed E-state index contributed by atoms with van der Waals surface area (Å²) in [5.41, 5.74) is 10.3. The molecule has 5 nitrogen and oxygen atoms in total. The Labute approximate surface area is 137 Å². The van der Waals surface area contributed by atoms with Crippen molar-refractivity contribution in [1.82, 2.24) is 4.98 Å². The molecule has 0 bridgehead atoms. The van der Waals surface area contributed by atoms with Crippen molar-refractivity contribution in [2.45, 2.75) is 33.7 Å². The highest BCUT2D eigenvalue weighted by molar-refractivity contribution is 5.92. The molecule has 0 atom stereocenters. The lowest BCUT2D eigenvalue weighted by molar-refractivity contribution is 0.302. The Kier molecular flexibility index (Phi) is 5.97. The third-order valence-electron chi connectivity index (χ3n) is 3.49. The highest BCUT2D eigenvalue weighted by Crippen LogP contribution is 2.16. The Bertz CT molecular complexity index is 682. The van der Waals surface area contributed by atoms with Crippen LogP contribution in [0.2, 0.25) is 0 Å². The van der Waals surface area contributed by atoms with Crippen molar-refractivity contribution in [3.63, 3.8) is 0 Å². The highest BCUT2D eigenvalue weighted by atomic mass is 16.5. The maximum absolute atomic E-state index is 5.97. The van der Waals surface area contributed by atoms with E-state index in [1.165, 1.54) is 11.1 Å². The van der Waals surface area contributed by atoms with E-state index in [0.29, 0.717) is 25.0 Å². The van der Waals surface area contributed by atoms with E-state index < -0.39 is 0 Å². The van der Waals surface area contributed by atoms with Gasteiger partial charge in [-0.3, -0.25) is 0 Å². The molecule has 122 valence electrons. The second-order valence-corrected chi connectivity index (χ2v) is 5.44. The van der Waals surface area contributed by atoms with Crippen LogP contribution >= 0.6 is 0 Å². The quantitative estimate of drug-likeness (QED) is 0.633. The lowest BCUT2D eigenvalue weighted by Gasteiger charge is -2.10. The van der Waals surface area contributed by atoms with Gasteiger partial charge in [-0.05, 0) is 49.6 Å². The van der Waals surface area contributed by atoms with Gasteiger partial charge in [0.25, 0.3) is 0 Å². The Hall–Kier alpha value is -2.56. The van der Waals surface area contributed by atoms with Gasteiger partial charge < -0.3 is 15.8 Å². The van der Waals surface area contributed by atoms with Crippen LogP contribution in [0, 0.1) is 13.8 Å². The molecule has 2 rings (SSSR count). The third kappa shape index (κ3) is 4.98. The van der Waals surface area contributed by atoms with Crippen LogP contribution in [0.15, 0.2) is 41.5 Å². The Morgan fingerprint density at radius 1 is 1.26 bits per heavy atom. The highest BCUT2D eigenvalue weighted by Gasteiger charge is 2.04. The normalized spacial score (nSPS) is 11.3. The number of anilines is 1. The summed E-state index contributed by atoms with van der Waals surface area (Å²) in [6.07, 6.45) is 2.66. The van der Waals surface area contributed by atoms with Gasteiger partial charge in [0.15, 0.2) is 5.96 Å². The molecule has 0 aliphatic carbocycles. The van der Waals surface area contributed by atoms with E-state index >= 15 is 0 Å². The molecule has 1 aromatic heterocycles. The summed E-state index contributed by atoms with van der Waals surface area (Å²) < 4.78 is 5.62. The number of rotatable bonds is 6. The van der Waals surface area contributed by atoms with Crippen molar-refractivity contribution in [2.75, 3.05) is 11.9 Å².